The van der Waals surface area contributed by atoms with Crippen LogP contribution in [0.25, 0.3) is 11.1 Å². The molecule has 0 amide bonds. The van der Waals surface area contributed by atoms with E-state index in [0.717, 1.165) is 37.7 Å². The summed E-state index contributed by atoms with van der Waals surface area (Å²) in [6.45, 7) is 5.62. The smallest absolute Gasteiger partial charge is 0.0406 e. The summed E-state index contributed by atoms with van der Waals surface area (Å²) in [5, 5.41) is 0.787. The number of hydrogen-bond donors (Lipinski definition) is 0. The third-order valence-electron chi connectivity index (χ3n) is 4.16. The first-order valence-electron chi connectivity index (χ1n) is 7.47. The van der Waals surface area contributed by atoms with Gasteiger partial charge in [0.1, 0.15) is 0 Å². The number of piperazine rings is 1. The number of rotatable bonds is 3. The normalized spacial score (nSPS) is 17.0. The minimum atomic E-state index is 0.787. The highest BCUT2D eigenvalue weighted by atomic mass is 35.5. The van der Waals surface area contributed by atoms with Gasteiger partial charge >= 0.3 is 0 Å². The molecule has 0 unspecified atom stereocenters. The van der Waals surface area contributed by atoms with Gasteiger partial charge in [-0.3, -0.25) is 4.90 Å². The van der Waals surface area contributed by atoms with Crippen LogP contribution in [0, 0.1) is 0 Å². The fourth-order valence-electron chi connectivity index (χ4n) is 2.82. The monoisotopic (exact) mass is 300 g/mol. The average molecular weight is 301 g/mol. The van der Waals surface area contributed by atoms with Gasteiger partial charge < -0.3 is 4.90 Å². The molecular formula is C18H21ClN2. The molecule has 0 aromatic heterocycles. The Morgan fingerprint density at radius 3 is 2.29 bits per heavy atom. The fraction of sp³-hybridized carbons (Fsp3) is 0.333. The molecule has 1 fully saturated rings. The standard InChI is InChI=1S/C18H21ClN2/c1-20-10-12-21(13-11-20)14-16-4-2-3-5-18(16)15-6-8-17(19)9-7-15/h2-9H,10-14H2,1H3. The molecule has 0 saturated carbocycles. The zero-order valence-electron chi connectivity index (χ0n) is 12.4. The summed E-state index contributed by atoms with van der Waals surface area (Å²) in [6, 6.07) is 16.8. The summed E-state index contributed by atoms with van der Waals surface area (Å²) >= 11 is 6.00. The zero-order valence-corrected chi connectivity index (χ0v) is 13.2. The predicted molar refractivity (Wildman–Crippen MR) is 89.7 cm³/mol. The molecule has 0 radical (unpaired) electrons. The lowest BCUT2D eigenvalue weighted by molar-refractivity contribution is 0.148. The number of benzene rings is 2. The summed E-state index contributed by atoms with van der Waals surface area (Å²) in [7, 11) is 2.19. The van der Waals surface area contributed by atoms with Crippen LogP contribution >= 0.6 is 11.6 Å². The van der Waals surface area contributed by atoms with Gasteiger partial charge in [-0.25, -0.2) is 0 Å². The average Bonchev–Trinajstić information content (AvgIpc) is 2.51. The van der Waals surface area contributed by atoms with Crippen molar-refractivity contribution >= 4 is 11.6 Å². The van der Waals surface area contributed by atoms with Gasteiger partial charge in [0.2, 0.25) is 0 Å². The second-order valence-corrected chi connectivity index (χ2v) is 6.18. The molecule has 0 atom stereocenters. The summed E-state index contributed by atoms with van der Waals surface area (Å²) < 4.78 is 0. The molecule has 1 aliphatic rings. The van der Waals surface area contributed by atoms with Gasteiger partial charge in [0, 0.05) is 37.7 Å². The van der Waals surface area contributed by atoms with Gasteiger partial charge in [0.15, 0.2) is 0 Å². The molecule has 2 aromatic rings. The molecule has 21 heavy (non-hydrogen) atoms. The van der Waals surface area contributed by atoms with E-state index in [-0.39, 0.29) is 0 Å². The number of nitrogens with zero attached hydrogens (tertiary/aromatic N) is 2. The van der Waals surface area contributed by atoms with Crippen LogP contribution in [-0.2, 0) is 6.54 Å². The van der Waals surface area contributed by atoms with Crippen LogP contribution in [0.15, 0.2) is 48.5 Å². The largest absolute Gasteiger partial charge is 0.304 e. The second-order valence-electron chi connectivity index (χ2n) is 5.74. The molecule has 2 nitrogen and oxygen atoms in total. The van der Waals surface area contributed by atoms with Gasteiger partial charge in [0.05, 0.1) is 0 Å². The van der Waals surface area contributed by atoms with Crippen LogP contribution in [-0.4, -0.2) is 43.0 Å². The Morgan fingerprint density at radius 1 is 0.905 bits per heavy atom. The van der Waals surface area contributed by atoms with E-state index in [1.807, 2.05) is 12.1 Å². The van der Waals surface area contributed by atoms with Crippen LogP contribution in [0.4, 0.5) is 0 Å². The first kappa shape index (κ1) is 14.6. The molecule has 3 heteroatoms. The molecule has 3 rings (SSSR count). The van der Waals surface area contributed by atoms with E-state index >= 15 is 0 Å². The van der Waals surface area contributed by atoms with Crippen molar-refractivity contribution in [1.82, 2.24) is 9.80 Å². The maximum absolute atomic E-state index is 6.00. The SMILES string of the molecule is CN1CCN(Cc2ccccc2-c2ccc(Cl)cc2)CC1. The van der Waals surface area contributed by atoms with Crippen LogP contribution < -0.4 is 0 Å². The second kappa shape index (κ2) is 6.61. The highest BCUT2D eigenvalue weighted by molar-refractivity contribution is 6.30. The lowest BCUT2D eigenvalue weighted by atomic mass is 9.99. The van der Waals surface area contributed by atoms with Gasteiger partial charge in [0.25, 0.3) is 0 Å². The van der Waals surface area contributed by atoms with E-state index in [2.05, 4.69) is 53.2 Å². The molecule has 0 bridgehead atoms. The Labute approximate surface area is 131 Å². The molecule has 0 N–H and O–H groups in total. The van der Waals surface area contributed by atoms with Gasteiger partial charge in [-0.1, -0.05) is 48.0 Å². The van der Waals surface area contributed by atoms with Gasteiger partial charge in [-0.05, 0) is 35.9 Å². The molecular weight excluding hydrogens is 280 g/mol. The first-order chi connectivity index (χ1) is 10.2. The maximum Gasteiger partial charge on any atom is 0.0406 e. The van der Waals surface area contributed by atoms with E-state index in [4.69, 9.17) is 11.6 Å². The summed E-state index contributed by atoms with van der Waals surface area (Å²) in [6.07, 6.45) is 0. The van der Waals surface area contributed by atoms with Crippen molar-refractivity contribution in [2.24, 2.45) is 0 Å². The quantitative estimate of drug-likeness (QED) is 0.852. The molecule has 0 aliphatic carbocycles. The van der Waals surface area contributed by atoms with E-state index in [0.29, 0.717) is 0 Å². The lowest BCUT2D eigenvalue weighted by Crippen LogP contribution is -2.43. The number of hydrogen-bond acceptors (Lipinski definition) is 2. The summed E-state index contributed by atoms with van der Waals surface area (Å²) in [4.78, 5) is 4.93. The fourth-order valence-corrected chi connectivity index (χ4v) is 2.94. The molecule has 1 aliphatic heterocycles. The van der Waals surface area contributed by atoms with Gasteiger partial charge in [-0.2, -0.15) is 0 Å². The maximum atomic E-state index is 6.00. The van der Waals surface area contributed by atoms with Crippen LogP contribution in [0.2, 0.25) is 5.02 Å². The highest BCUT2D eigenvalue weighted by Gasteiger charge is 2.15. The topological polar surface area (TPSA) is 6.48 Å². The Kier molecular flexibility index (Phi) is 4.59. The molecule has 1 heterocycles. The Hall–Kier alpha value is -1.35. The van der Waals surface area contributed by atoms with Crippen LogP contribution in [0.5, 0.6) is 0 Å². The molecule has 0 spiro atoms. The van der Waals surface area contributed by atoms with E-state index in [9.17, 15) is 0 Å². The van der Waals surface area contributed by atoms with Crippen molar-refractivity contribution in [3.05, 3.63) is 59.1 Å². The molecule has 1 saturated heterocycles. The van der Waals surface area contributed by atoms with Crippen LogP contribution in [0.1, 0.15) is 5.56 Å². The predicted octanol–water partition coefficient (Wildman–Crippen LogP) is 3.75. The number of halogens is 1. The van der Waals surface area contributed by atoms with Gasteiger partial charge in [-0.15, -0.1) is 0 Å². The Balaban J connectivity index is 1.81. The van der Waals surface area contributed by atoms with E-state index in [1.54, 1.807) is 0 Å². The minimum absolute atomic E-state index is 0.787. The first-order valence-corrected chi connectivity index (χ1v) is 7.85. The summed E-state index contributed by atoms with van der Waals surface area (Å²) in [5.41, 5.74) is 3.95. The summed E-state index contributed by atoms with van der Waals surface area (Å²) in [5.74, 6) is 0. The van der Waals surface area contributed by atoms with E-state index in [1.165, 1.54) is 16.7 Å². The molecule has 110 valence electrons. The van der Waals surface area contributed by atoms with Crippen molar-refractivity contribution in [1.29, 1.82) is 0 Å². The van der Waals surface area contributed by atoms with Crippen LogP contribution in [0.3, 0.4) is 0 Å². The minimum Gasteiger partial charge on any atom is -0.304 e. The Morgan fingerprint density at radius 2 is 1.57 bits per heavy atom. The zero-order chi connectivity index (χ0) is 14.7. The third-order valence-corrected chi connectivity index (χ3v) is 4.41. The Bertz CT molecular complexity index is 586. The lowest BCUT2D eigenvalue weighted by Gasteiger charge is -2.32. The van der Waals surface area contributed by atoms with Crippen molar-refractivity contribution in [3.8, 4) is 11.1 Å². The third kappa shape index (κ3) is 3.65. The number of likely N-dealkylation sites (N-methyl/N-ethyl adjacent to an activating group) is 1. The van der Waals surface area contributed by atoms with Crippen molar-refractivity contribution in [2.45, 2.75) is 6.54 Å². The van der Waals surface area contributed by atoms with Crippen molar-refractivity contribution < 1.29 is 0 Å². The molecule has 2 aromatic carbocycles. The van der Waals surface area contributed by atoms with E-state index < -0.39 is 0 Å². The van der Waals surface area contributed by atoms with Crippen molar-refractivity contribution in [3.63, 3.8) is 0 Å². The van der Waals surface area contributed by atoms with Crippen molar-refractivity contribution in [2.75, 3.05) is 33.2 Å². The highest BCUT2D eigenvalue weighted by Crippen LogP contribution is 2.26.